The number of benzene rings is 1. The lowest BCUT2D eigenvalue weighted by atomic mass is 9.96. The summed E-state index contributed by atoms with van der Waals surface area (Å²) in [6.45, 7) is 0.354. The molecule has 1 saturated carbocycles. The minimum absolute atomic E-state index is 0.115. The van der Waals surface area contributed by atoms with E-state index in [9.17, 15) is 9.59 Å². The van der Waals surface area contributed by atoms with Crippen LogP contribution in [-0.4, -0.2) is 42.9 Å². The first-order chi connectivity index (χ1) is 12.6. The van der Waals surface area contributed by atoms with Crippen molar-refractivity contribution in [3.05, 3.63) is 35.4 Å². The number of carboxylic acids is 1. The predicted octanol–water partition coefficient (Wildman–Crippen LogP) is 2.29. The highest BCUT2D eigenvalue weighted by atomic mass is 32.2. The zero-order chi connectivity index (χ0) is 18.4. The van der Waals surface area contributed by atoms with E-state index in [-0.39, 0.29) is 17.2 Å². The van der Waals surface area contributed by atoms with Gasteiger partial charge in [-0.2, -0.15) is 0 Å². The molecule has 1 aliphatic carbocycles. The number of carbonyl (C=O) groups is 2. The van der Waals surface area contributed by atoms with Crippen LogP contribution in [0.1, 0.15) is 54.1 Å². The molecule has 1 aliphatic rings. The van der Waals surface area contributed by atoms with Crippen LogP contribution in [0.5, 0.6) is 0 Å². The molecule has 8 nitrogen and oxygen atoms in total. The van der Waals surface area contributed by atoms with E-state index in [1.165, 1.54) is 43.2 Å². The van der Waals surface area contributed by atoms with Gasteiger partial charge in [-0.25, -0.2) is 9.48 Å². The first-order valence-corrected chi connectivity index (χ1v) is 9.61. The maximum absolute atomic E-state index is 12.1. The highest BCUT2D eigenvalue weighted by Crippen LogP contribution is 2.30. The Morgan fingerprint density at radius 1 is 1.19 bits per heavy atom. The van der Waals surface area contributed by atoms with E-state index in [0.717, 1.165) is 18.4 Å². The van der Waals surface area contributed by atoms with E-state index < -0.39 is 5.97 Å². The van der Waals surface area contributed by atoms with E-state index >= 15 is 0 Å². The molecule has 1 aromatic heterocycles. The Labute approximate surface area is 155 Å². The molecule has 1 amide bonds. The fourth-order valence-electron chi connectivity index (χ4n) is 2.98. The predicted molar refractivity (Wildman–Crippen MR) is 95.9 cm³/mol. The maximum Gasteiger partial charge on any atom is 0.335 e. The van der Waals surface area contributed by atoms with Crippen molar-refractivity contribution in [3.8, 4) is 0 Å². The smallest absolute Gasteiger partial charge is 0.335 e. The molecular formula is C17H21N5O3S. The number of aromatic nitrogens is 4. The van der Waals surface area contributed by atoms with Crippen molar-refractivity contribution in [3.63, 3.8) is 0 Å². The van der Waals surface area contributed by atoms with Crippen LogP contribution in [-0.2, 0) is 11.3 Å². The van der Waals surface area contributed by atoms with Gasteiger partial charge in [0.15, 0.2) is 0 Å². The lowest BCUT2D eigenvalue weighted by Crippen LogP contribution is -2.25. The number of aromatic carboxylic acids is 1. The third kappa shape index (κ3) is 4.81. The van der Waals surface area contributed by atoms with Crippen LogP contribution < -0.4 is 5.32 Å². The zero-order valence-corrected chi connectivity index (χ0v) is 15.1. The molecule has 0 spiro atoms. The Hall–Kier alpha value is -2.42. The monoisotopic (exact) mass is 375 g/mol. The summed E-state index contributed by atoms with van der Waals surface area (Å²) < 4.78 is 1.85. The standard InChI is InChI=1S/C17H21N5O3S/c23-15(18-10-12-6-8-13(9-7-12)16(24)25)11-26-17-19-20-21-22(17)14-4-2-1-3-5-14/h6-9,14H,1-5,10-11H2,(H,18,23)(H,24,25). The number of nitrogens with zero attached hydrogens (tertiary/aromatic N) is 4. The summed E-state index contributed by atoms with van der Waals surface area (Å²) in [6, 6.07) is 6.77. The van der Waals surface area contributed by atoms with Crippen LogP contribution in [0.15, 0.2) is 29.4 Å². The SMILES string of the molecule is O=C(CSc1nnnn1C1CCCCC1)NCc1ccc(C(=O)O)cc1. The molecule has 0 atom stereocenters. The molecule has 0 radical (unpaired) electrons. The highest BCUT2D eigenvalue weighted by molar-refractivity contribution is 7.99. The molecule has 3 rings (SSSR count). The van der Waals surface area contributed by atoms with E-state index in [0.29, 0.717) is 17.7 Å². The first kappa shape index (κ1) is 18.4. The fraction of sp³-hybridized carbons (Fsp3) is 0.471. The molecule has 0 saturated heterocycles. The Balaban J connectivity index is 1.47. The second kappa shape index (κ2) is 8.79. The van der Waals surface area contributed by atoms with Crippen molar-refractivity contribution in [2.75, 3.05) is 5.75 Å². The van der Waals surface area contributed by atoms with Gasteiger partial charge in [-0.3, -0.25) is 4.79 Å². The fourth-order valence-corrected chi connectivity index (χ4v) is 3.76. The molecule has 1 fully saturated rings. The third-order valence-corrected chi connectivity index (χ3v) is 5.34. The number of tetrazole rings is 1. The minimum atomic E-state index is -0.965. The Bertz CT molecular complexity index is 756. The molecule has 2 N–H and O–H groups in total. The van der Waals surface area contributed by atoms with Crippen molar-refractivity contribution < 1.29 is 14.7 Å². The number of hydrogen-bond acceptors (Lipinski definition) is 6. The topological polar surface area (TPSA) is 110 Å². The normalized spacial score (nSPS) is 14.9. The number of rotatable bonds is 7. The van der Waals surface area contributed by atoms with Crippen LogP contribution in [0.2, 0.25) is 0 Å². The minimum Gasteiger partial charge on any atom is -0.478 e. The molecule has 0 unspecified atom stereocenters. The summed E-state index contributed by atoms with van der Waals surface area (Å²) in [5, 5.41) is 24.3. The van der Waals surface area contributed by atoms with Gasteiger partial charge in [0.1, 0.15) is 0 Å². The molecular weight excluding hydrogens is 354 g/mol. The van der Waals surface area contributed by atoms with Crippen molar-refractivity contribution >= 4 is 23.6 Å². The number of carboxylic acid groups (broad SMARTS) is 1. The van der Waals surface area contributed by atoms with E-state index in [2.05, 4.69) is 20.8 Å². The van der Waals surface area contributed by atoms with E-state index in [1.54, 1.807) is 12.1 Å². The Morgan fingerprint density at radius 2 is 1.92 bits per heavy atom. The molecule has 26 heavy (non-hydrogen) atoms. The number of hydrogen-bond donors (Lipinski definition) is 2. The van der Waals surface area contributed by atoms with Gasteiger partial charge >= 0.3 is 5.97 Å². The van der Waals surface area contributed by atoms with E-state index in [4.69, 9.17) is 5.11 Å². The lowest BCUT2D eigenvalue weighted by molar-refractivity contribution is -0.118. The van der Waals surface area contributed by atoms with Crippen LogP contribution in [0.3, 0.4) is 0 Å². The molecule has 2 aromatic rings. The van der Waals surface area contributed by atoms with Crippen LogP contribution in [0, 0.1) is 0 Å². The second-order valence-corrected chi connectivity index (χ2v) is 7.21. The van der Waals surface area contributed by atoms with Crippen LogP contribution in [0.25, 0.3) is 0 Å². The van der Waals surface area contributed by atoms with E-state index in [1.807, 2.05) is 4.68 Å². The Kier molecular flexibility index (Phi) is 6.21. The average Bonchev–Trinajstić information content (AvgIpc) is 3.14. The molecule has 0 aliphatic heterocycles. The van der Waals surface area contributed by atoms with Crippen molar-refractivity contribution in [1.29, 1.82) is 0 Å². The largest absolute Gasteiger partial charge is 0.478 e. The van der Waals surface area contributed by atoms with Crippen LogP contribution in [0.4, 0.5) is 0 Å². The van der Waals surface area contributed by atoms with Gasteiger partial charge in [-0.1, -0.05) is 43.2 Å². The molecule has 9 heteroatoms. The Morgan fingerprint density at radius 3 is 2.62 bits per heavy atom. The number of thioether (sulfide) groups is 1. The van der Waals surface area contributed by atoms with Crippen molar-refractivity contribution in [2.24, 2.45) is 0 Å². The highest BCUT2D eigenvalue weighted by Gasteiger charge is 2.20. The van der Waals surface area contributed by atoms with Gasteiger partial charge in [0.25, 0.3) is 0 Å². The number of carbonyl (C=O) groups excluding carboxylic acids is 1. The van der Waals surface area contributed by atoms with Crippen LogP contribution >= 0.6 is 11.8 Å². The number of nitrogens with one attached hydrogen (secondary N) is 1. The molecule has 1 heterocycles. The first-order valence-electron chi connectivity index (χ1n) is 8.63. The lowest BCUT2D eigenvalue weighted by Gasteiger charge is -2.21. The third-order valence-electron chi connectivity index (χ3n) is 4.41. The summed E-state index contributed by atoms with van der Waals surface area (Å²) >= 11 is 1.33. The van der Waals surface area contributed by atoms with Gasteiger partial charge in [0.05, 0.1) is 17.4 Å². The molecule has 0 bridgehead atoms. The van der Waals surface area contributed by atoms with Crippen molar-refractivity contribution in [2.45, 2.75) is 49.8 Å². The van der Waals surface area contributed by atoms with Gasteiger partial charge in [0.2, 0.25) is 11.1 Å². The summed E-state index contributed by atoms with van der Waals surface area (Å²) in [6.07, 6.45) is 5.80. The summed E-state index contributed by atoms with van der Waals surface area (Å²) in [5.41, 5.74) is 1.07. The second-order valence-electron chi connectivity index (χ2n) is 6.27. The molecule has 138 valence electrons. The molecule has 1 aromatic carbocycles. The van der Waals surface area contributed by atoms with Crippen molar-refractivity contribution in [1.82, 2.24) is 25.5 Å². The zero-order valence-electron chi connectivity index (χ0n) is 14.3. The summed E-state index contributed by atoms with van der Waals surface area (Å²) in [4.78, 5) is 22.9. The van der Waals surface area contributed by atoms with Gasteiger partial charge < -0.3 is 10.4 Å². The van der Waals surface area contributed by atoms with Gasteiger partial charge in [0, 0.05) is 6.54 Å². The average molecular weight is 375 g/mol. The van der Waals surface area contributed by atoms with Gasteiger partial charge in [-0.15, -0.1) is 5.10 Å². The number of amides is 1. The maximum atomic E-state index is 12.1. The summed E-state index contributed by atoms with van der Waals surface area (Å²) in [7, 11) is 0. The quantitative estimate of drug-likeness (QED) is 0.714. The van der Waals surface area contributed by atoms with Gasteiger partial charge in [-0.05, 0) is 41.0 Å². The summed E-state index contributed by atoms with van der Waals surface area (Å²) in [5.74, 6) is -0.844.